The summed E-state index contributed by atoms with van der Waals surface area (Å²) in [6.07, 6.45) is 4.03. The van der Waals surface area contributed by atoms with Gasteiger partial charge in [0.15, 0.2) is 5.82 Å². The summed E-state index contributed by atoms with van der Waals surface area (Å²) in [6, 6.07) is 8.66. The van der Waals surface area contributed by atoms with E-state index in [0.29, 0.717) is 29.4 Å². The molecule has 1 saturated heterocycles. The number of amides is 1. The van der Waals surface area contributed by atoms with Gasteiger partial charge in [0.2, 0.25) is 0 Å². The Bertz CT molecular complexity index is 769. The van der Waals surface area contributed by atoms with Gasteiger partial charge in [0.05, 0.1) is 18.7 Å². The summed E-state index contributed by atoms with van der Waals surface area (Å²) in [4.78, 5) is 22.8. The van der Waals surface area contributed by atoms with Crippen LogP contribution in [-0.2, 0) is 0 Å². The number of hydrogen-bond acceptors (Lipinski definition) is 6. The van der Waals surface area contributed by atoms with Crippen LogP contribution in [0.3, 0.4) is 0 Å². The van der Waals surface area contributed by atoms with Crippen LogP contribution in [0.1, 0.15) is 22.3 Å². The fraction of sp³-hybridized carbons (Fsp3) is 0.294. The van der Waals surface area contributed by atoms with E-state index in [1.165, 1.54) is 0 Å². The first kappa shape index (κ1) is 15.7. The summed E-state index contributed by atoms with van der Waals surface area (Å²) in [5.74, 6) is 1.03. The molecule has 0 aliphatic carbocycles. The van der Waals surface area contributed by atoms with Gasteiger partial charge < -0.3 is 15.0 Å². The number of aromatic nitrogens is 2. The molecule has 0 radical (unpaired) electrons. The maximum absolute atomic E-state index is 12.3. The van der Waals surface area contributed by atoms with Crippen LogP contribution in [0.15, 0.2) is 36.7 Å². The first-order valence-electron chi connectivity index (χ1n) is 7.62. The van der Waals surface area contributed by atoms with Crippen molar-refractivity contribution in [1.29, 1.82) is 5.26 Å². The van der Waals surface area contributed by atoms with Gasteiger partial charge in [-0.05, 0) is 30.7 Å². The first-order chi connectivity index (χ1) is 11.7. The van der Waals surface area contributed by atoms with E-state index in [9.17, 15) is 4.79 Å². The molecular weight excluding hydrogens is 306 g/mol. The van der Waals surface area contributed by atoms with Crippen molar-refractivity contribution in [3.05, 3.63) is 47.8 Å². The lowest BCUT2D eigenvalue weighted by atomic mass is 10.1. The van der Waals surface area contributed by atoms with Crippen molar-refractivity contribution in [3.8, 4) is 11.9 Å². The molecule has 2 heterocycles. The molecule has 1 atom stereocenters. The minimum absolute atomic E-state index is 0.0276. The van der Waals surface area contributed by atoms with Gasteiger partial charge in [-0.2, -0.15) is 5.26 Å². The maximum Gasteiger partial charge on any atom is 0.257 e. The molecule has 2 aromatic rings. The van der Waals surface area contributed by atoms with Crippen LogP contribution in [0.5, 0.6) is 5.88 Å². The zero-order valence-electron chi connectivity index (χ0n) is 13.3. The normalized spacial score (nSPS) is 16.5. The molecule has 1 aromatic heterocycles. The Labute approximate surface area is 139 Å². The van der Waals surface area contributed by atoms with Crippen LogP contribution in [0.25, 0.3) is 0 Å². The van der Waals surface area contributed by atoms with E-state index in [4.69, 9.17) is 10.00 Å². The zero-order valence-corrected chi connectivity index (χ0v) is 13.3. The molecule has 1 aromatic carbocycles. The topological polar surface area (TPSA) is 91.1 Å². The number of nitrogens with one attached hydrogen (secondary N) is 1. The number of benzene rings is 1. The molecule has 1 fully saturated rings. The fourth-order valence-corrected chi connectivity index (χ4v) is 2.71. The predicted molar refractivity (Wildman–Crippen MR) is 87.8 cm³/mol. The number of nitrogens with zero attached hydrogens (tertiary/aromatic N) is 4. The van der Waals surface area contributed by atoms with E-state index in [1.807, 2.05) is 6.07 Å². The second kappa shape index (κ2) is 6.96. The molecule has 122 valence electrons. The van der Waals surface area contributed by atoms with Crippen molar-refractivity contribution in [3.63, 3.8) is 0 Å². The van der Waals surface area contributed by atoms with Crippen molar-refractivity contribution < 1.29 is 9.53 Å². The lowest BCUT2D eigenvalue weighted by molar-refractivity contribution is 0.0940. The van der Waals surface area contributed by atoms with Gasteiger partial charge in [0.25, 0.3) is 11.8 Å². The predicted octanol–water partition coefficient (Wildman–Crippen LogP) is 1.37. The summed E-state index contributed by atoms with van der Waals surface area (Å²) in [6.45, 7) is 1.42. The monoisotopic (exact) mass is 323 g/mol. The summed E-state index contributed by atoms with van der Waals surface area (Å²) in [5, 5.41) is 11.8. The highest BCUT2D eigenvalue weighted by Gasteiger charge is 2.27. The van der Waals surface area contributed by atoms with E-state index in [1.54, 1.807) is 43.8 Å². The molecule has 24 heavy (non-hydrogen) atoms. The standard InChI is InChI=1S/C17H17N5O2/c1-24-17-15(19-7-8-20-17)22-9-6-14(11-22)21-16(23)13-4-2-12(10-18)3-5-13/h2-5,7-8,14H,6,9,11H2,1H3,(H,21,23)/t14-/m0/s1. The molecule has 3 rings (SSSR count). The summed E-state index contributed by atoms with van der Waals surface area (Å²) in [5.41, 5.74) is 1.08. The maximum atomic E-state index is 12.3. The van der Waals surface area contributed by atoms with Gasteiger partial charge in [-0.3, -0.25) is 4.79 Å². The van der Waals surface area contributed by atoms with E-state index in [0.717, 1.165) is 13.0 Å². The van der Waals surface area contributed by atoms with Gasteiger partial charge in [0, 0.05) is 37.1 Å². The van der Waals surface area contributed by atoms with E-state index >= 15 is 0 Å². The first-order valence-corrected chi connectivity index (χ1v) is 7.62. The third kappa shape index (κ3) is 3.27. The molecule has 0 spiro atoms. The van der Waals surface area contributed by atoms with Gasteiger partial charge in [-0.25, -0.2) is 9.97 Å². The van der Waals surface area contributed by atoms with Crippen LogP contribution in [-0.4, -0.2) is 42.1 Å². The average molecular weight is 323 g/mol. The Morgan fingerprint density at radius 2 is 2.08 bits per heavy atom. The smallest absolute Gasteiger partial charge is 0.257 e. The highest BCUT2D eigenvalue weighted by Crippen LogP contribution is 2.25. The van der Waals surface area contributed by atoms with Crippen molar-refractivity contribution >= 4 is 11.7 Å². The van der Waals surface area contributed by atoms with Gasteiger partial charge in [-0.1, -0.05) is 0 Å². The number of methoxy groups -OCH3 is 1. The second-order valence-electron chi connectivity index (χ2n) is 5.48. The van der Waals surface area contributed by atoms with Crippen molar-refractivity contribution in [2.75, 3.05) is 25.1 Å². The summed E-state index contributed by atoms with van der Waals surface area (Å²) < 4.78 is 5.24. The second-order valence-corrected chi connectivity index (χ2v) is 5.48. The Morgan fingerprint density at radius 1 is 1.33 bits per heavy atom. The minimum atomic E-state index is -0.141. The van der Waals surface area contributed by atoms with Crippen LogP contribution < -0.4 is 15.0 Å². The van der Waals surface area contributed by atoms with E-state index in [-0.39, 0.29) is 11.9 Å². The highest BCUT2D eigenvalue weighted by atomic mass is 16.5. The van der Waals surface area contributed by atoms with Crippen molar-refractivity contribution in [2.24, 2.45) is 0 Å². The molecule has 7 heteroatoms. The molecule has 0 saturated carbocycles. The third-order valence-electron chi connectivity index (χ3n) is 3.94. The quantitative estimate of drug-likeness (QED) is 0.913. The molecule has 1 aliphatic heterocycles. The van der Waals surface area contributed by atoms with Gasteiger partial charge >= 0.3 is 0 Å². The molecular formula is C17H17N5O2. The number of anilines is 1. The van der Waals surface area contributed by atoms with Crippen LogP contribution in [0.2, 0.25) is 0 Å². The van der Waals surface area contributed by atoms with Crippen LogP contribution in [0, 0.1) is 11.3 Å². The van der Waals surface area contributed by atoms with E-state index < -0.39 is 0 Å². The SMILES string of the molecule is COc1nccnc1N1CC[C@H](NC(=O)c2ccc(C#N)cc2)C1. The minimum Gasteiger partial charge on any atom is -0.478 e. The number of carbonyl (C=O) groups is 1. The van der Waals surface area contributed by atoms with Gasteiger partial charge in [0.1, 0.15) is 0 Å². The molecule has 0 bridgehead atoms. The molecule has 1 N–H and O–H groups in total. The Kier molecular flexibility index (Phi) is 4.57. The zero-order chi connectivity index (χ0) is 16.9. The van der Waals surface area contributed by atoms with Gasteiger partial charge in [-0.15, -0.1) is 0 Å². The highest BCUT2D eigenvalue weighted by molar-refractivity contribution is 5.94. The summed E-state index contributed by atoms with van der Waals surface area (Å²) >= 11 is 0. The third-order valence-corrected chi connectivity index (χ3v) is 3.94. The number of nitriles is 1. The molecule has 0 unspecified atom stereocenters. The van der Waals surface area contributed by atoms with Crippen molar-refractivity contribution in [1.82, 2.24) is 15.3 Å². The number of ether oxygens (including phenoxy) is 1. The van der Waals surface area contributed by atoms with Crippen LogP contribution >= 0.6 is 0 Å². The van der Waals surface area contributed by atoms with Crippen LogP contribution in [0.4, 0.5) is 5.82 Å². The van der Waals surface area contributed by atoms with Crippen molar-refractivity contribution in [2.45, 2.75) is 12.5 Å². The number of hydrogen-bond donors (Lipinski definition) is 1. The molecule has 1 aliphatic rings. The average Bonchev–Trinajstić information content (AvgIpc) is 3.10. The Balaban J connectivity index is 1.63. The Hall–Kier alpha value is -3.14. The molecule has 7 nitrogen and oxygen atoms in total. The Morgan fingerprint density at radius 3 is 2.79 bits per heavy atom. The fourth-order valence-electron chi connectivity index (χ4n) is 2.71. The van der Waals surface area contributed by atoms with E-state index in [2.05, 4.69) is 20.2 Å². The number of carbonyl (C=O) groups excluding carboxylic acids is 1. The molecule has 1 amide bonds. The number of rotatable bonds is 4. The lowest BCUT2D eigenvalue weighted by Gasteiger charge is -2.19. The summed E-state index contributed by atoms with van der Waals surface area (Å²) in [7, 11) is 1.56. The largest absolute Gasteiger partial charge is 0.478 e. The lowest BCUT2D eigenvalue weighted by Crippen LogP contribution is -2.37.